The summed E-state index contributed by atoms with van der Waals surface area (Å²) in [5, 5.41) is 11.8. The molecule has 5 aromatic carbocycles. The van der Waals surface area contributed by atoms with Gasteiger partial charge in [0, 0.05) is 21.7 Å². The molecule has 8 rings (SSSR count). The highest BCUT2D eigenvalue weighted by Gasteiger charge is 2.51. The second kappa shape index (κ2) is 11.9. The number of hydrogen-bond acceptors (Lipinski definition) is 6. The molecule has 0 saturated carbocycles. The minimum atomic E-state index is -0.504. The van der Waals surface area contributed by atoms with Crippen molar-refractivity contribution in [2.24, 2.45) is 0 Å². The Morgan fingerprint density at radius 3 is 1.84 bits per heavy atom. The highest BCUT2D eigenvalue weighted by atomic mass is 16.7. The van der Waals surface area contributed by atoms with Crippen LogP contribution in [0.5, 0.6) is 0 Å². The summed E-state index contributed by atoms with van der Waals surface area (Å²) in [5.74, 6) is 0. The highest BCUT2D eigenvalue weighted by molar-refractivity contribution is 6.62. The molecule has 1 saturated heterocycles. The van der Waals surface area contributed by atoms with Gasteiger partial charge in [0.2, 0.25) is 0 Å². The Labute approximate surface area is 295 Å². The van der Waals surface area contributed by atoms with Crippen LogP contribution in [0, 0.1) is 24.5 Å². The van der Waals surface area contributed by atoms with E-state index in [2.05, 4.69) is 15.8 Å². The topological polar surface area (TPSA) is 89.6 Å². The first kappa shape index (κ1) is 31.8. The number of aromatic nitrogens is 3. The Kier molecular flexibility index (Phi) is 7.40. The quantitative estimate of drug-likeness (QED) is 0.106. The molecule has 0 N–H and O–H groups in total. The Morgan fingerprint density at radius 2 is 1.22 bits per heavy atom. The fourth-order valence-electron chi connectivity index (χ4n) is 6.52. The van der Waals surface area contributed by atoms with E-state index >= 15 is 0 Å². The Bertz CT molecular complexity index is 2650. The fraction of sp³-hybridized carbons (Fsp3) is 0.143. The van der Waals surface area contributed by atoms with E-state index in [9.17, 15) is 5.26 Å². The molecule has 0 unspecified atom stereocenters. The third kappa shape index (κ3) is 5.26. The van der Waals surface area contributed by atoms with E-state index in [4.69, 9.17) is 37.4 Å². The third-order valence-corrected chi connectivity index (χ3v) is 9.97. The van der Waals surface area contributed by atoms with Crippen LogP contribution in [0.1, 0.15) is 33.3 Å². The number of benzene rings is 5. The van der Waals surface area contributed by atoms with Gasteiger partial charge < -0.3 is 9.31 Å². The number of hydrogen-bond donors (Lipinski definition) is 0. The number of nitriles is 1. The van der Waals surface area contributed by atoms with Crippen molar-refractivity contribution in [1.29, 1.82) is 5.26 Å². The van der Waals surface area contributed by atoms with Gasteiger partial charge in [0.1, 0.15) is 0 Å². The van der Waals surface area contributed by atoms with Crippen molar-refractivity contribution >= 4 is 56.7 Å². The maximum atomic E-state index is 9.48. The molecule has 1 aliphatic rings. The molecule has 0 aliphatic carbocycles. The summed E-state index contributed by atoms with van der Waals surface area (Å²) in [6, 6.07) is 34.3. The van der Waals surface area contributed by atoms with Crippen LogP contribution in [0.3, 0.4) is 0 Å². The standard InChI is InChI=1S/C42H29BN6O2/c1-41(2)42(3,4)51-43(50-41)29-19-15-26(16-20-29)37-36-33(46-6)23-34-40(35(36)31-9-7-8-10-32(31)47-37)49-39(27-13-11-25(24-44)12-14-27)38(48-34)28-17-21-30(45-5)22-18-28/h7-23H,1-4H3. The van der Waals surface area contributed by atoms with Crippen molar-refractivity contribution in [1.82, 2.24) is 15.0 Å². The number of fused-ring (bicyclic) bond motifs is 5. The molecule has 9 heteroatoms. The normalized spacial score (nSPS) is 14.7. The molecule has 242 valence electrons. The molecule has 8 nitrogen and oxygen atoms in total. The molecule has 0 amide bonds. The number of rotatable bonds is 4. The summed E-state index contributed by atoms with van der Waals surface area (Å²) in [7, 11) is -0.504. The highest BCUT2D eigenvalue weighted by Crippen LogP contribution is 2.44. The van der Waals surface area contributed by atoms with Crippen molar-refractivity contribution in [2.75, 3.05) is 0 Å². The Hall–Kier alpha value is -6.44. The third-order valence-electron chi connectivity index (χ3n) is 9.97. The maximum absolute atomic E-state index is 9.48. The first-order valence-corrected chi connectivity index (χ1v) is 16.5. The molecule has 1 aliphatic heterocycles. The fourth-order valence-corrected chi connectivity index (χ4v) is 6.52. The molecule has 7 aromatic rings. The summed E-state index contributed by atoms with van der Waals surface area (Å²) < 4.78 is 12.6. The lowest BCUT2D eigenvalue weighted by Gasteiger charge is -2.32. The number of pyridine rings is 1. The molecule has 0 atom stereocenters. The van der Waals surface area contributed by atoms with E-state index in [1.807, 2.05) is 100 Å². The second-order valence-corrected chi connectivity index (χ2v) is 13.6. The Balaban J connectivity index is 1.39. The molecule has 0 radical (unpaired) electrons. The zero-order valence-electron chi connectivity index (χ0n) is 28.4. The van der Waals surface area contributed by atoms with E-state index in [0.717, 1.165) is 38.4 Å². The van der Waals surface area contributed by atoms with Crippen LogP contribution in [0.25, 0.3) is 76.2 Å². The smallest absolute Gasteiger partial charge is 0.399 e. The average Bonchev–Trinajstić information content (AvgIpc) is 3.39. The Morgan fingerprint density at radius 1 is 0.647 bits per heavy atom. The predicted octanol–water partition coefficient (Wildman–Crippen LogP) is 9.60. The molecule has 1 fully saturated rings. The minimum absolute atomic E-state index is 0.413. The molecule has 51 heavy (non-hydrogen) atoms. The lowest BCUT2D eigenvalue weighted by molar-refractivity contribution is 0.00578. The first-order valence-electron chi connectivity index (χ1n) is 16.5. The van der Waals surface area contributed by atoms with Gasteiger partial charge in [0.15, 0.2) is 11.4 Å². The van der Waals surface area contributed by atoms with Crippen LogP contribution in [0.4, 0.5) is 11.4 Å². The van der Waals surface area contributed by atoms with E-state index in [-0.39, 0.29) is 0 Å². The van der Waals surface area contributed by atoms with Gasteiger partial charge in [-0.3, -0.25) is 0 Å². The molecular weight excluding hydrogens is 631 g/mol. The van der Waals surface area contributed by atoms with Gasteiger partial charge in [-0.15, -0.1) is 0 Å². The first-order chi connectivity index (χ1) is 24.6. The second-order valence-electron chi connectivity index (χ2n) is 13.6. The van der Waals surface area contributed by atoms with E-state index < -0.39 is 18.3 Å². The molecule has 3 heterocycles. The van der Waals surface area contributed by atoms with Gasteiger partial charge in [-0.1, -0.05) is 78.9 Å². The van der Waals surface area contributed by atoms with Crippen LogP contribution in [0.15, 0.2) is 103 Å². The predicted molar refractivity (Wildman–Crippen MR) is 202 cm³/mol. The SMILES string of the molecule is [C-]#[N+]c1ccc(-c2nc3cc([N+]#[C-])c4c(-c5ccc(B6OC(C)(C)C(C)(C)O6)cc5)nc5ccccc5c4c3nc2-c2ccc(C#N)cc2)cc1. The van der Waals surface area contributed by atoms with Gasteiger partial charge in [0.05, 0.1) is 69.6 Å². The van der Waals surface area contributed by atoms with Gasteiger partial charge in [-0.25, -0.2) is 24.6 Å². The molecule has 0 spiro atoms. The largest absolute Gasteiger partial charge is 0.494 e. The average molecular weight is 661 g/mol. The zero-order chi connectivity index (χ0) is 35.5. The molecular formula is C42H29BN6O2. The summed E-state index contributed by atoms with van der Waals surface area (Å²) >= 11 is 0. The summed E-state index contributed by atoms with van der Waals surface area (Å²) in [5.41, 5.74) is 7.69. The summed E-state index contributed by atoms with van der Waals surface area (Å²) in [6.45, 7) is 23.9. The van der Waals surface area contributed by atoms with E-state index in [0.29, 0.717) is 50.4 Å². The van der Waals surface area contributed by atoms with Crippen LogP contribution < -0.4 is 5.46 Å². The molecule has 0 bridgehead atoms. The van der Waals surface area contributed by atoms with Crippen LogP contribution in [-0.4, -0.2) is 33.3 Å². The lowest BCUT2D eigenvalue weighted by Crippen LogP contribution is -2.41. The van der Waals surface area contributed by atoms with Gasteiger partial charge in [-0.2, -0.15) is 5.26 Å². The lowest BCUT2D eigenvalue weighted by atomic mass is 9.78. The van der Waals surface area contributed by atoms with Crippen LogP contribution in [-0.2, 0) is 9.31 Å². The van der Waals surface area contributed by atoms with Gasteiger partial charge in [0.25, 0.3) is 0 Å². The van der Waals surface area contributed by atoms with Crippen molar-refractivity contribution in [2.45, 2.75) is 38.9 Å². The van der Waals surface area contributed by atoms with Crippen molar-refractivity contribution in [3.05, 3.63) is 132 Å². The van der Waals surface area contributed by atoms with Crippen molar-refractivity contribution in [3.63, 3.8) is 0 Å². The van der Waals surface area contributed by atoms with Crippen LogP contribution in [0.2, 0.25) is 0 Å². The summed E-state index contributed by atoms with van der Waals surface area (Å²) in [6.07, 6.45) is 0. The number of para-hydroxylation sites is 1. The van der Waals surface area contributed by atoms with Gasteiger partial charge >= 0.3 is 7.12 Å². The van der Waals surface area contributed by atoms with Crippen LogP contribution >= 0.6 is 0 Å². The van der Waals surface area contributed by atoms with Gasteiger partial charge in [-0.05, 0) is 68.6 Å². The monoisotopic (exact) mass is 660 g/mol. The van der Waals surface area contributed by atoms with Crippen molar-refractivity contribution < 1.29 is 9.31 Å². The van der Waals surface area contributed by atoms with E-state index in [1.54, 1.807) is 30.3 Å². The van der Waals surface area contributed by atoms with Crippen molar-refractivity contribution in [3.8, 4) is 39.8 Å². The number of nitrogens with zero attached hydrogens (tertiary/aromatic N) is 6. The summed E-state index contributed by atoms with van der Waals surface area (Å²) in [4.78, 5) is 23.2. The molecule has 2 aromatic heterocycles. The zero-order valence-corrected chi connectivity index (χ0v) is 28.4. The minimum Gasteiger partial charge on any atom is -0.399 e. The van der Waals surface area contributed by atoms with E-state index in [1.165, 1.54) is 0 Å². The maximum Gasteiger partial charge on any atom is 0.494 e.